The molecule has 38 heavy (non-hydrogen) atoms. The highest BCUT2D eigenvalue weighted by Crippen LogP contribution is 2.63. The molecular formula is C30H37N3O5. The van der Waals surface area contributed by atoms with Gasteiger partial charge in [-0.25, -0.2) is 0 Å². The summed E-state index contributed by atoms with van der Waals surface area (Å²) in [5, 5.41) is 16.5. The van der Waals surface area contributed by atoms with Crippen LogP contribution in [-0.2, 0) is 32.1 Å². The van der Waals surface area contributed by atoms with Gasteiger partial charge in [0.2, 0.25) is 17.7 Å². The quantitative estimate of drug-likeness (QED) is 0.446. The topological polar surface area (TPSA) is 108 Å². The molecule has 3 aliphatic heterocycles. The number of likely N-dealkylation sites (tertiary alicyclic amines) is 1. The van der Waals surface area contributed by atoms with Crippen molar-refractivity contribution in [1.82, 2.24) is 15.5 Å². The van der Waals surface area contributed by atoms with Crippen LogP contribution < -0.4 is 10.6 Å². The van der Waals surface area contributed by atoms with Gasteiger partial charge >= 0.3 is 0 Å². The van der Waals surface area contributed by atoms with E-state index >= 15 is 0 Å². The number of amides is 3. The zero-order chi connectivity index (χ0) is 26.9. The molecule has 3 fully saturated rings. The Morgan fingerprint density at radius 1 is 1.03 bits per heavy atom. The first kappa shape index (κ1) is 26.4. The van der Waals surface area contributed by atoms with Gasteiger partial charge in [0, 0.05) is 13.1 Å². The van der Waals surface area contributed by atoms with Gasteiger partial charge in [-0.05, 0) is 43.7 Å². The normalized spacial score (nSPS) is 30.2. The van der Waals surface area contributed by atoms with E-state index in [1.165, 1.54) is 4.90 Å². The summed E-state index contributed by atoms with van der Waals surface area (Å²) in [6, 6.07) is 17.6. The van der Waals surface area contributed by atoms with Crippen LogP contribution in [0.1, 0.15) is 44.2 Å². The first-order valence-corrected chi connectivity index (χ1v) is 13.6. The number of hydrogen-bond acceptors (Lipinski definition) is 5. The van der Waals surface area contributed by atoms with Crippen molar-refractivity contribution in [3.8, 4) is 0 Å². The standard InChI is InChI=1S/C30H37N3O5/c1-3-16-31-26(35)23-24-28(37)33(22(19-34)17-20-10-6-4-7-11-20)25(30(24)15-14-29(23,2)38-30)27(36)32-18-21-12-8-5-9-13-21/h4-13,22-25,34H,3,14-19H2,1-2H3,(H,31,35)(H,32,36)/t22-,23-,24+,25?,29+,30?/m1/s1. The van der Waals surface area contributed by atoms with Gasteiger partial charge in [-0.2, -0.15) is 0 Å². The van der Waals surface area contributed by atoms with Crippen molar-refractivity contribution >= 4 is 17.7 Å². The average molecular weight is 520 g/mol. The van der Waals surface area contributed by atoms with E-state index in [0.29, 0.717) is 32.4 Å². The molecule has 3 N–H and O–H groups in total. The number of rotatable bonds is 10. The smallest absolute Gasteiger partial charge is 0.246 e. The third-order valence-corrected chi connectivity index (χ3v) is 8.52. The molecule has 3 amide bonds. The minimum absolute atomic E-state index is 0.205. The lowest BCUT2D eigenvalue weighted by atomic mass is 9.66. The molecule has 6 atom stereocenters. The van der Waals surface area contributed by atoms with E-state index in [-0.39, 0.29) is 24.3 Å². The van der Waals surface area contributed by atoms with Crippen molar-refractivity contribution in [2.24, 2.45) is 11.8 Å². The molecule has 2 unspecified atom stereocenters. The Kier molecular flexibility index (Phi) is 7.29. The SMILES string of the molecule is CCCNC(=O)[C@H]1[C@H]2C(=O)N([C@@H](CO)Cc3ccccc3)C(C(=O)NCc3ccccc3)C23CC[C@]1(C)O3. The van der Waals surface area contributed by atoms with Crippen LogP contribution in [0.25, 0.3) is 0 Å². The largest absolute Gasteiger partial charge is 0.394 e. The molecule has 3 saturated heterocycles. The van der Waals surface area contributed by atoms with Crippen LogP contribution in [0.3, 0.4) is 0 Å². The third-order valence-electron chi connectivity index (χ3n) is 8.52. The summed E-state index contributed by atoms with van der Waals surface area (Å²) in [4.78, 5) is 43.1. The van der Waals surface area contributed by atoms with E-state index in [0.717, 1.165) is 17.5 Å². The van der Waals surface area contributed by atoms with Crippen LogP contribution >= 0.6 is 0 Å². The number of aliphatic hydroxyl groups is 1. The Morgan fingerprint density at radius 3 is 2.32 bits per heavy atom. The van der Waals surface area contributed by atoms with Gasteiger partial charge in [-0.3, -0.25) is 14.4 Å². The number of carbonyl (C=O) groups is 3. The first-order chi connectivity index (χ1) is 18.3. The Morgan fingerprint density at radius 2 is 1.68 bits per heavy atom. The van der Waals surface area contributed by atoms with Crippen molar-refractivity contribution < 1.29 is 24.2 Å². The van der Waals surface area contributed by atoms with Gasteiger partial charge in [0.05, 0.1) is 30.1 Å². The molecule has 5 rings (SSSR count). The average Bonchev–Trinajstić information content (AvgIpc) is 3.51. The zero-order valence-electron chi connectivity index (χ0n) is 22.1. The predicted molar refractivity (Wildman–Crippen MR) is 142 cm³/mol. The molecule has 3 aliphatic rings. The lowest BCUT2D eigenvalue weighted by Gasteiger charge is -2.37. The highest BCUT2D eigenvalue weighted by molar-refractivity contribution is 5.99. The lowest BCUT2D eigenvalue weighted by Crippen LogP contribution is -2.58. The molecule has 0 radical (unpaired) electrons. The Hall–Kier alpha value is -3.23. The van der Waals surface area contributed by atoms with Crippen molar-refractivity contribution in [2.45, 2.75) is 69.4 Å². The number of benzene rings is 2. The Labute approximate surface area is 223 Å². The second kappa shape index (κ2) is 10.5. The molecule has 3 heterocycles. The molecule has 202 valence electrons. The summed E-state index contributed by atoms with van der Waals surface area (Å²) in [6.45, 7) is 4.37. The predicted octanol–water partition coefficient (Wildman–Crippen LogP) is 2.20. The molecule has 0 aliphatic carbocycles. The van der Waals surface area contributed by atoms with Crippen LogP contribution in [0, 0.1) is 11.8 Å². The van der Waals surface area contributed by atoms with Crippen LogP contribution in [-0.4, -0.2) is 64.2 Å². The number of nitrogens with zero attached hydrogens (tertiary/aromatic N) is 1. The van der Waals surface area contributed by atoms with Crippen LogP contribution in [0.5, 0.6) is 0 Å². The van der Waals surface area contributed by atoms with E-state index < -0.39 is 35.1 Å². The van der Waals surface area contributed by atoms with Crippen molar-refractivity contribution in [2.75, 3.05) is 13.2 Å². The molecule has 8 nitrogen and oxygen atoms in total. The maximum Gasteiger partial charge on any atom is 0.246 e. The Bertz CT molecular complexity index is 1170. The summed E-state index contributed by atoms with van der Waals surface area (Å²) in [5.74, 6) is -2.30. The van der Waals surface area contributed by atoms with Crippen LogP contribution in [0.2, 0.25) is 0 Å². The van der Waals surface area contributed by atoms with Crippen molar-refractivity contribution in [3.05, 3.63) is 71.8 Å². The maximum absolute atomic E-state index is 14.3. The minimum atomic E-state index is -1.12. The van der Waals surface area contributed by atoms with Crippen LogP contribution in [0.4, 0.5) is 0 Å². The second-order valence-electron chi connectivity index (χ2n) is 11.0. The molecule has 2 bridgehead atoms. The highest BCUT2D eigenvalue weighted by atomic mass is 16.5. The number of nitrogens with one attached hydrogen (secondary N) is 2. The molecule has 1 spiro atoms. The van der Waals surface area contributed by atoms with E-state index in [1.54, 1.807) is 0 Å². The summed E-state index contributed by atoms with van der Waals surface area (Å²) < 4.78 is 6.65. The fourth-order valence-corrected chi connectivity index (χ4v) is 6.83. The summed E-state index contributed by atoms with van der Waals surface area (Å²) >= 11 is 0. The summed E-state index contributed by atoms with van der Waals surface area (Å²) in [6.07, 6.45) is 2.25. The third kappa shape index (κ3) is 4.39. The minimum Gasteiger partial charge on any atom is -0.394 e. The summed E-state index contributed by atoms with van der Waals surface area (Å²) in [5.41, 5.74) is -0.0534. The second-order valence-corrected chi connectivity index (χ2v) is 11.0. The zero-order valence-corrected chi connectivity index (χ0v) is 22.1. The fourth-order valence-electron chi connectivity index (χ4n) is 6.83. The number of hydrogen-bond donors (Lipinski definition) is 3. The lowest BCUT2D eigenvalue weighted by molar-refractivity contribution is -0.149. The van der Waals surface area contributed by atoms with Crippen molar-refractivity contribution in [3.63, 3.8) is 0 Å². The maximum atomic E-state index is 14.3. The van der Waals surface area contributed by atoms with Gasteiger partial charge in [0.25, 0.3) is 0 Å². The Balaban J connectivity index is 1.51. The first-order valence-electron chi connectivity index (χ1n) is 13.6. The highest BCUT2D eigenvalue weighted by Gasteiger charge is 2.78. The number of aliphatic hydroxyl groups excluding tert-OH is 1. The van der Waals surface area contributed by atoms with E-state index in [2.05, 4.69) is 10.6 Å². The van der Waals surface area contributed by atoms with Gasteiger partial charge < -0.3 is 25.4 Å². The van der Waals surface area contributed by atoms with E-state index in [4.69, 9.17) is 4.74 Å². The molecular weight excluding hydrogens is 482 g/mol. The van der Waals surface area contributed by atoms with Gasteiger partial charge in [0.1, 0.15) is 11.6 Å². The molecule has 2 aromatic rings. The van der Waals surface area contributed by atoms with E-state index in [1.807, 2.05) is 74.5 Å². The van der Waals surface area contributed by atoms with Gasteiger partial charge in [0.15, 0.2) is 0 Å². The fraction of sp³-hybridized carbons (Fsp3) is 0.500. The van der Waals surface area contributed by atoms with Gasteiger partial charge in [-0.15, -0.1) is 0 Å². The number of ether oxygens (including phenoxy) is 1. The molecule has 2 aromatic carbocycles. The monoisotopic (exact) mass is 519 g/mol. The van der Waals surface area contributed by atoms with Crippen LogP contribution in [0.15, 0.2) is 60.7 Å². The summed E-state index contributed by atoms with van der Waals surface area (Å²) in [7, 11) is 0. The molecule has 0 aromatic heterocycles. The van der Waals surface area contributed by atoms with E-state index in [9.17, 15) is 19.5 Å². The van der Waals surface area contributed by atoms with Crippen molar-refractivity contribution in [1.29, 1.82) is 0 Å². The number of fused-ring (bicyclic) bond motifs is 1. The number of carbonyl (C=O) groups excluding carboxylic acids is 3. The molecule has 8 heteroatoms. The molecule has 0 saturated carbocycles. The van der Waals surface area contributed by atoms with Gasteiger partial charge in [-0.1, -0.05) is 67.6 Å².